The molecule has 2 fully saturated rings. The highest BCUT2D eigenvalue weighted by molar-refractivity contribution is 5.77. The molecule has 2 aliphatic rings. The lowest BCUT2D eigenvalue weighted by atomic mass is 9.97. The number of nitrogens with zero attached hydrogens (tertiary/aromatic N) is 2. The van der Waals surface area contributed by atoms with Gasteiger partial charge in [-0.15, -0.1) is 0 Å². The van der Waals surface area contributed by atoms with E-state index in [0.29, 0.717) is 24.4 Å². The van der Waals surface area contributed by atoms with Gasteiger partial charge in [-0.25, -0.2) is 0 Å². The van der Waals surface area contributed by atoms with E-state index in [4.69, 9.17) is 0 Å². The van der Waals surface area contributed by atoms with Crippen LogP contribution in [0.1, 0.15) is 33.1 Å². The predicted octanol–water partition coefficient (Wildman–Crippen LogP) is 1.13. The first-order valence-electron chi connectivity index (χ1n) is 6.14. The molecule has 0 bridgehead atoms. The summed E-state index contributed by atoms with van der Waals surface area (Å²) in [5.74, 6) is 0.297. The van der Waals surface area contributed by atoms with E-state index in [1.54, 1.807) is 6.92 Å². The molecule has 15 heavy (non-hydrogen) atoms. The van der Waals surface area contributed by atoms with Crippen LogP contribution in [0.3, 0.4) is 0 Å². The van der Waals surface area contributed by atoms with E-state index in [0.717, 1.165) is 13.1 Å². The van der Waals surface area contributed by atoms with Crippen molar-refractivity contribution in [2.45, 2.75) is 45.2 Å². The van der Waals surface area contributed by atoms with Crippen molar-refractivity contribution >= 4 is 5.78 Å². The van der Waals surface area contributed by atoms with E-state index >= 15 is 0 Å². The van der Waals surface area contributed by atoms with Gasteiger partial charge < -0.3 is 0 Å². The molecule has 2 heterocycles. The lowest BCUT2D eigenvalue weighted by Crippen LogP contribution is -2.59. The lowest BCUT2D eigenvalue weighted by Gasteiger charge is -2.47. The fraction of sp³-hybridized carbons (Fsp3) is 0.917. The zero-order valence-electron chi connectivity index (χ0n) is 9.91. The summed E-state index contributed by atoms with van der Waals surface area (Å²) in [6, 6.07) is 1.26. The van der Waals surface area contributed by atoms with Gasteiger partial charge in [0.05, 0.1) is 6.54 Å². The van der Waals surface area contributed by atoms with Gasteiger partial charge in [0.2, 0.25) is 0 Å². The molecule has 0 aliphatic carbocycles. The second-order valence-electron chi connectivity index (χ2n) is 5.13. The van der Waals surface area contributed by atoms with Crippen LogP contribution in [0.5, 0.6) is 0 Å². The Morgan fingerprint density at radius 2 is 2.13 bits per heavy atom. The standard InChI is InChI=1S/C12H22N2O/c1-10-7-13-6-4-3-5-12(13)9-14(10)8-11(2)15/h10,12H,3-9H2,1-2H3. The maximum atomic E-state index is 11.2. The van der Waals surface area contributed by atoms with E-state index < -0.39 is 0 Å². The molecule has 2 aliphatic heterocycles. The van der Waals surface area contributed by atoms with E-state index in [9.17, 15) is 4.79 Å². The molecule has 0 spiro atoms. The Hall–Kier alpha value is -0.410. The van der Waals surface area contributed by atoms with Crippen LogP contribution >= 0.6 is 0 Å². The molecule has 0 aromatic carbocycles. The molecule has 0 radical (unpaired) electrons. The van der Waals surface area contributed by atoms with Gasteiger partial charge in [-0.05, 0) is 33.2 Å². The first-order valence-corrected chi connectivity index (χ1v) is 6.14. The summed E-state index contributed by atoms with van der Waals surface area (Å²) in [4.78, 5) is 16.1. The third kappa shape index (κ3) is 2.58. The minimum absolute atomic E-state index is 0.297. The van der Waals surface area contributed by atoms with Crippen molar-refractivity contribution in [3.8, 4) is 0 Å². The van der Waals surface area contributed by atoms with Gasteiger partial charge in [-0.1, -0.05) is 6.42 Å². The quantitative estimate of drug-likeness (QED) is 0.683. The smallest absolute Gasteiger partial charge is 0.143 e. The van der Waals surface area contributed by atoms with Crippen molar-refractivity contribution in [2.24, 2.45) is 0 Å². The van der Waals surface area contributed by atoms with Gasteiger partial charge in [0.25, 0.3) is 0 Å². The fourth-order valence-electron chi connectivity index (χ4n) is 2.92. The number of rotatable bonds is 2. The van der Waals surface area contributed by atoms with Crippen molar-refractivity contribution in [3.63, 3.8) is 0 Å². The minimum Gasteiger partial charge on any atom is -0.299 e. The third-order valence-electron chi connectivity index (χ3n) is 3.74. The van der Waals surface area contributed by atoms with Crippen LogP contribution < -0.4 is 0 Å². The molecule has 0 aromatic heterocycles. The van der Waals surface area contributed by atoms with Crippen molar-refractivity contribution in [1.29, 1.82) is 0 Å². The van der Waals surface area contributed by atoms with Crippen LogP contribution in [0.2, 0.25) is 0 Å². The molecule has 2 unspecified atom stereocenters. The number of hydrogen-bond donors (Lipinski definition) is 0. The number of carbonyl (C=O) groups excluding carboxylic acids is 1. The number of piperidine rings is 1. The summed E-state index contributed by atoms with van der Waals surface area (Å²) in [6.45, 7) is 8.10. The Labute approximate surface area is 92.4 Å². The maximum Gasteiger partial charge on any atom is 0.143 e. The molecule has 0 amide bonds. The van der Waals surface area contributed by atoms with Crippen molar-refractivity contribution in [2.75, 3.05) is 26.2 Å². The van der Waals surface area contributed by atoms with Crippen LogP contribution in [0, 0.1) is 0 Å². The first kappa shape index (κ1) is 11.1. The highest BCUT2D eigenvalue weighted by Gasteiger charge is 2.32. The SMILES string of the molecule is CC(=O)CN1CC2CCCCN2CC1C. The molecule has 0 aromatic rings. The van der Waals surface area contributed by atoms with Gasteiger partial charge in [-0.3, -0.25) is 14.6 Å². The van der Waals surface area contributed by atoms with Gasteiger partial charge in [-0.2, -0.15) is 0 Å². The van der Waals surface area contributed by atoms with Gasteiger partial charge >= 0.3 is 0 Å². The topological polar surface area (TPSA) is 23.6 Å². The second kappa shape index (κ2) is 4.62. The first-order chi connectivity index (χ1) is 7.16. The van der Waals surface area contributed by atoms with Crippen LogP contribution in [0.15, 0.2) is 0 Å². The number of piperazine rings is 1. The second-order valence-corrected chi connectivity index (χ2v) is 5.13. The number of carbonyl (C=O) groups is 1. The molecule has 0 N–H and O–H groups in total. The highest BCUT2D eigenvalue weighted by atomic mass is 16.1. The molecule has 3 heteroatoms. The van der Waals surface area contributed by atoms with Gasteiger partial charge in [0, 0.05) is 25.2 Å². The summed E-state index contributed by atoms with van der Waals surface area (Å²) in [7, 11) is 0. The molecule has 2 rings (SSSR count). The lowest BCUT2D eigenvalue weighted by molar-refractivity contribution is -0.119. The Bertz CT molecular complexity index is 242. The molecule has 86 valence electrons. The Morgan fingerprint density at radius 1 is 1.33 bits per heavy atom. The zero-order chi connectivity index (χ0) is 10.8. The fourth-order valence-corrected chi connectivity index (χ4v) is 2.92. The van der Waals surface area contributed by atoms with Crippen molar-refractivity contribution in [1.82, 2.24) is 9.80 Å². The predicted molar refractivity (Wildman–Crippen MR) is 60.9 cm³/mol. The summed E-state index contributed by atoms with van der Waals surface area (Å²) in [5, 5.41) is 0. The number of Topliss-reactive ketones (excluding diaryl/α,β-unsaturated/α-hetero) is 1. The summed E-state index contributed by atoms with van der Waals surface area (Å²) in [5.41, 5.74) is 0. The van der Waals surface area contributed by atoms with E-state index in [-0.39, 0.29) is 0 Å². The van der Waals surface area contributed by atoms with Crippen LogP contribution in [0.4, 0.5) is 0 Å². The summed E-state index contributed by atoms with van der Waals surface area (Å²) < 4.78 is 0. The minimum atomic E-state index is 0.297. The van der Waals surface area contributed by atoms with E-state index in [1.807, 2.05) is 0 Å². The van der Waals surface area contributed by atoms with Crippen LogP contribution in [0.25, 0.3) is 0 Å². The summed E-state index contributed by atoms with van der Waals surface area (Å²) in [6.07, 6.45) is 4.04. The average Bonchev–Trinajstić information content (AvgIpc) is 2.18. The van der Waals surface area contributed by atoms with Crippen molar-refractivity contribution in [3.05, 3.63) is 0 Å². The molecular weight excluding hydrogens is 188 g/mol. The Balaban J connectivity index is 1.95. The number of ketones is 1. The number of hydrogen-bond acceptors (Lipinski definition) is 3. The van der Waals surface area contributed by atoms with Crippen molar-refractivity contribution < 1.29 is 4.79 Å². The monoisotopic (exact) mass is 210 g/mol. The van der Waals surface area contributed by atoms with E-state index in [1.165, 1.54) is 25.8 Å². The van der Waals surface area contributed by atoms with E-state index in [2.05, 4.69) is 16.7 Å². The normalized spacial score (nSPS) is 33.7. The summed E-state index contributed by atoms with van der Waals surface area (Å²) >= 11 is 0. The highest BCUT2D eigenvalue weighted by Crippen LogP contribution is 2.23. The molecule has 0 saturated carbocycles. The number of fused-ring (bicyclic) bond motifs is 1. The molecule has 2 atom stereocenters. The maximum absolute atomic E-state index is 11.2. The molecule has 2 saturated heterocycles. The van der Waals surface area contributed by atoms with Gasteiger partial charge in [0.15, 0.2) is 0 Å². The Morgan fingerprint density at radius 3 is 2.87 bits per heavy atom. The molecular formula is C12H22N2O. The Kier molecular flexibility index (Phi) is 3.42. The molecule has 3 nitrogen and oxygen atoms in total. The zero-order valence-corrected chi connectivity index (χ0v) is 9.91. The van der Waals surface area contributed by atoms with Crippen LogP contribution in [-0.2, 0) is 4.79 Å². The van der Waals surface area contributed by atoms with Crippen LogP contribution in [-0.4, -0.2) is 53.8 Å². The van der Waals surface area contributed by atoms with Gasteiger partial charge in [0.1, 0.15) is 5.78 Å². The largest absolute Gasteiger partial charge is 0.299 e. The average molecular weight is 210 g/mol. The third-order valence-corrected chi connectivity index (χ3v) is 3.74.